The van der Waals surface area contributed by atoms with Gasteiger partial charge < -0.3 is 14.7 Å². The molecule has 0 bridgehead atoms. The summed E-state index contributed by atoms with van der Waals surface area (Å²) in [6, 6.07) is 0.582. The van der Waals surface area contributed by atoms with E-state index in [4.69, 9.17) is 9.84 Å². The molecule has 0 aliphatic carbocycles. The number of likely N-dealkylation sites (tertiary alicyclic amines) is 1. The average molecular weight is 339 g/mol. The summed E-state index contributed by atoms with van der Waals surface area (Å²) in [6.07, 6.45) is 4.29. The Morgan fingerprint density at radius 1 is 1.25 bits per heavy atom. The summed E-state index contributed by atoms with van der Waals surface area (Å²) in [5.74, 6) is -0.953. The lowest BCUT2D eigenvalue weighted by atomic mass is 9.85. The molecule has 1 atom stereocenters. The Bertz CT molecular complexity index is 480. The van der Waals surface area contributed by atoms with Crippen LogP contribution in [0.5, 0.6) is 0 Å². The highest BCUT2D eigenvalue weighted by Gasteiger charge is 2.43. The first-order valence-corrected chi connectivity index (χ1v) is 9.03. The molecule has 7 heteroatoms. The first-order chi connectivity index (χ1) is 11.5. The fourth-order valence-corrected chi connectivity index (χ4v) is 4.42. The number of hydrogen-bond donors (Lipinski definition) is 1. The lowest BCUT2D eigenvalue weighted by molar-refractivity contribution is -0.144. The van der Waals surface area contributed by atoms with E-state index in [0.29, 0.717) is 19.0 Å². The van der Waals surface area contributed by atoms with Crippen molar-refractivity contribution in [2.24, 2.45) is 0 Å². The minimum atomic E-state index is -0.930. The van der Waals surface area contributed by atoms with Gasteiger partial charge >= 0.3 is 5.97 Å². The van der Waals surface area contributed by atoms with E-state index in [1.165, 1.54) is 4.90 Å². The first kappa shape index (κ1) is 17.6. The highest BCUT2D eigenvalue weighted by Crippen LogP contribution is 2.33. The summed E-state index contributed by atoms with van der Waals surface area (Å²) in [7, 11) is 2.15. The van der Waals surface area contributed by atoms with Crippen LogP contribution >= 0.6 is 0 Å². The molecule has 0 aromatic carbocycles. The molecule has 3 aliphatic heterocycles. The van der Waals surface area contributed by atoms with Gasteiger partial charge in [-0.05, 0) is 32.7 Å². The summed E-state index contributed by atoms with van der Waals surface area (Å²) in [5.41, 5.74) is -0.0144. The fourth-order valence-electron chi connectivity index (χ4n) is 4.42. The summed E-state index contributed by atoms with van der Waals surface area (Å²) in [5, 5.41) is 9.02. The summed E-state index contributed by atoms with van der Waals surface area (Å²) in [6.45, 7) is 5.09. The maximum Gasteiger partial charge on any atom is 0.323 e. The van der Waals surface area contributed by atoms with Crippen molar-refractivity contribution in [3.8, 4) is 0 Å². The highest BCUT2D eigenvalue weighted by molar-refractivity contribution is 5.81. The molecule has 0 saturated carbocycles. The Kier molecular flexibility index (Phi) is 5.42. The van der Waals surface area contributed by atoms with E-state index in [2.05, 4.69) is 16.8 Å². The van der Waals surface area contributed by atoms with Crippen LogP contribution in [-0.2, 0) is 14.3 Å². The van der Waals surface area contributed by atoms with Crippen LogP contribution in [-0.4, -0.2) is 96.2 Å². The second kappa shape index (κ2) is 7.37. The van der Waals surface area contributed by atoms with Gasteiger partial charge in [0.05, 0.1) is 0 Å². The van der Waals surface area contributed by atoms with Gasteiger partial charge in [0.2, 0.25) is 5.91 Å². The molecule has 0 unspecified atom stereocenters. The number of likely N-dealkylation sites (N-methyl/N-ethyl adjacent to an activating group) is 1. The molecule has 1 spiro atoms. The molecule has 0 aromatic rings. The highest BCUT2D eigenvalue weighted by atomic mass is 16.5. The Morgan fingerprint density at radius 2 is 2.00 bits per heavy atom. The maximum atomic E-state index is 12.3. The van der Waals surface area contributed by atoms with E-state index in [0.717, 1.165) is 58.5 Å². The molecule has 1 amide bonds. The smallest absolute Gasteiger partial charge is 0.323 e. The van der Waals surface area contributed by atoms with Crippen molar-refractivity contribution >= 4 is 11.9 Å². The van der Waals surface area contributed by atoms with Gasteiger partial charge in [0.25, 0.3) is 0 Å². The van der Waals surface area contributed by atoms with E-state index >= 15 is 0 Å². The van der Waals surface area contributed by atoms with Crippen LogP contribution in [0.4, 0.5) is 0 Å². The Balaban J connectivity index is 1.69. The number of amides is 1. The number of carbonyl (C=O) groups is 2. The zero-order valence-corrected chi connectivity index (χ0v) is 14.6. The van der Waals surface area contributed by atoms with Crippen LogP contribution in [0.1, 0.15) is 32.1 Å². The van der Waals surface area contributed by atoms with Crippen molar-refractivity contribution in [1.29, 1.82) is 0 Å². The van der Waals surface area contributed by atoms with E-state index in [1.807, 2.05) is 0 Å². The molecule has 3 fully saturated rings. The van der Waals surface area contributed by atoms with Crippen LogP contribution in [0.3, 0.4) is 0 Å². The number of carboxylic acid groups (broad SMARTS) is 1. The monoisotopic (exact) mass is 339 g/mol. The zero-order valence-electron chi connectivity index (χ0n) is 14.6. The molecule has 3 saturated heterocycles. The van der Waals surface area contributed by atoms with Crippen molar-refractivity contribution in [3.63, 3.8) is 0 Å². The number of nitrogens with zero attached hydrogens (tertiary/aromatic N) is 3. The van der Waals surface area contributed by atoms with Crippen molar-refractivity contribution in [2.75, 3.05) is 53.0 Å². The molecule has 3 rings (SSSR count). The van der Waals surface area contributed by atoms with Gasteiger partial charge in [-0.3, -0.25) is 19.4 Å². The molecule has 136 valence electrons. The van der Waals surface area contributed by atoms with Crippen molar-refractivity contribution in [1.82, 2.24) is 14.7 Å². The van der Waals surface area contributed by atoms with E-state index in [1.54, 1.807) is 0 Å². The van der Waals surface area contributed by atoms with Gasteiger partial charge in [0, 0.05) is 57.4 Å². The maximum absolute atomic E-state index is 12.3. The summed E-state index contributed by atoms with van der Waals surface area (Å²) in [4.78, 5) is 29.8. The molecule has 7 nitrogen and oxygen atoms in total. The third kappa shape index (κ3) is 3.73. The number of hydrogen-bond acceptors (Lipinski definition) is 5. The van der Waals surface area contributed by atoms with Crippen molar-refractivity contribution in [3.05, 3.63) is 0 Å². The molecule has 0 aromatic heterocycles. The van der Waals surface area contributed by atoms with Crippen LogP contribution in [0.2, 0.25) is 0 Å². The van der Waals surface area contributed by atoms with Gasteiger partial charge in [0.1, 0.15) is 6.54 Å². The number of carboxylic acids is 1. The molecule has 24 heavy (non-hydrogen) atoms. The standard InChI is InChI=1S/C17H29N3O4/c1-18-8-9-20(14-3-10-24-11-4-14)13-17(18)5-2-15(21)19(7-6-17)12-16(22)23/h14H,2-13H2,1H3,(H,22,23)/t17-/m1/s1. The third-order valence-corrected chi connectivity index (χ3v) is 6.07. The van der Waals surface area contributed by atoms with Crippen LogP contribution < -0.4 is 0 Å². The number of ether oxygens (including phenoxy) is 1. The molecule has 0 radical (unpaired) electrons. The van der Waals surface area contributed by atoms with Gasteiger partial charge in [-0.2, -0.15) is 0 Å². The van der Waals surface area contributed by atoms with Crippen molar-refractivity contribution < 1.29 is 19.4 Å². The first-order valence-electron chi connectivity index (χ1n) is 9.03. The fraction of sp³-hybridized carbons (Fsp3) is 0.882. The number of aliphatic carboxylic acids is 1. The predicted octanol–water partition coefficient (Wildman–Crippen LogP) is 0.249. The Labute approximate surface area is 143 Å². The van der Waals surface area contributed by atoms with Crippen molar-refractivity contribution in [2.45, 2.75) is 43.7 Å². The molecular weight excluding hydrogens is 310 g/mol. The topological polar surface area (TPSA) is 73.3 Å². The van der Waals surface area contributed by atoms with Crippen LogP contribution in [0.25, 0.3) is 0 Å². The van der Waals surface area contributed by atoms with Crippen LogP contribution in [0, 0.1) is 0 Å². The second-order valence-corrected chi connectivity index (χ2v) is 7.42. The number of rotatable bonds is 3. The molecular formula is C17H29N3O4. The summed E-state index contributed by atoms with van der Waals surface area (Å²) < 4.78 is 5.49. The second-order valence-electron chi connectivity index (χ2n) is 7.42. The zero-order chi connectivity index (χ0) is 17.2. The minimum Gasteiger partial charge on any atom is -0.480 e. The Morgan fingerprint density at radius 3 is 2.71 bits per heavy atom. The number of piperazine rings is 1. The van der Waals surface area contributed by atoms with Gasteiger partial charge in [0.15, 0.2) is 0 Å². The molecule has 3 aliphatic rings. The van der Waals surface area contributed by atoms with E-state index < -0.39 is 5.97 Å². The van der Waals surface area contributed by atoms with Crippen LogP contribution in [0.15, 0.2) is 0 Å². The van der Waals surface area contributed by atoms with E-state index in [9.17, 15) is 9.59 Å². The normalized spacial score (nSPS) is 31.4. The lowest BCUT2D eigenvalue weighted by Gasteiger charge is -2.51. The summed E-state index contributed by atoms with van der Waals surface area (Å²) >= 11 is 0. The van der Waals surface area contributed by atoms with E-state index in [-0.39, 0.29) is 18.0 Å². The Hall–Kier alpha value is -1.18. The number of carbonyl (C=O) groups excluding carboxylic acids is 1. The molecule has 3 heterocycles. The van der Waals surface area contributed by atoms with Gasteiger partial charge in [-0.25, -0.2) is 0 Å². The quantitative estimate of drug-likeness (QED) is 0.795. The van der Waals surface area contributed by atoms with Gasteiger partial charge in [-0.1, -0.05) is 0 Å². The molecule has 1 N–H and O–H groups in total. The third-order valence-electron chi connectivity index (χ3n) is 6.07. The predicted molar refractivity (Wildman–Crippen MR) is 88.8 cm³/mol. The average Bonchev–Trinajstić information content (AvgIpc) is 2.72. The van der Waals surface area contributed by atoms with Gasteiger partial charge in [-0.15, -0.1) is 0 Å². The largest absolute Gasteiger partial charge is 0.480 e. The SMILES string of the molecule is CN1CCN(C2CCOCC2)C[C@]12CCC(=O)N(CC(=O)O)CC2. The minimum absolute atomic E-state index is 0.0144. The lowest BCUT2D eigenvalue weighted by Crippen LogP contribution is -2.63.